The normalized spacial score (nSPS) is 8.67. The lowest BCUT2D eigenvalue weighted by Crippen LogP contribution is -1.93. The fourth-order valence-corrected chi connectivity index (χ4v) is 0.185. The fraction of sp³-hybridized carbons (Fsp3) is 0.500. The van der Waals surface area contributed by atoms with E-state index in [-0.39, 0.29) is 6.16 Å². The zero-order valence-electron chi connectivity index (χ0n) is 2.97. The van der Waals surface area contributed by atoms with Gasteiger partial charge in [0.2, 0.25) is 6.16 Å². The van der Waals surface area contributed by atoms with E-state index in [9.17, 15) is 9.36 Å². The van der Waals surface area contributed by atoms with E-state index in [1.165, 1.54) is 0 Å². The Bertz CT molecular complexity index is 69.2. The minimum Gasteiger partial charge on any atom is -0.478 e. The molecule has 0 heterocycles. The highest BCUT2D eigenvalue weighted by Crippen LogP contribution is 1.86. The van der Waals surface area contributed by atoms with Gasteiger partial charge in [0, 0.05) is 0 Å². The molecule has 3 nitrogen and oxygen atoms in total. The molecule has 1 N–H and O–H groups in total. The van der Waals surface area contributed by atoms with Gasteiger partial charge in [-0.25, -0.2) is 4.79 Å². The first-order valence-corrected chi connectivity index (χ1v) is 2.45. The summed E-state index contributed by atoms with van der Waals surface area (Å²) in [6.07, 6.45) is -0.236. The molecule has 0 aromatic rings. The van der Waals surface area contributed by atoms with E-state index in [4.69, 9.17) is 5.11 Å². The Hall–Kier alpha value is -0.430. The molecule has 0 saturated carbocycles. The summed E-state index contributed by atoms with van der Waals surface area (Å²) in [6, 6.07) is 0. The Kier molecular flexibility index (Phi) is 2.59. The Morgan fingerprint density at radius 1 is 1.83 bits per heavy atom. The molecule has 0 amide bonds. The van der Waals surface area contributed by atoms with E-state index in [0.717, 1.165) is 0 Å². The topological polar surface area (TPSA) is 54.4 Å². The predicted molar refractivity (Wildman–Crippen MR) is 21.5 cm³/mol. The molecule has 0 fully saturated rings. The van der Waals surface area contributed by atoms with Crippen LogP contribution in [0.25, 0.3) is 0 Å². The largest absolute Gasteiger partial charge is 0.478 e. The van der Waals surface area contributed by atoms with Crippen LogP contribution >= 0.6 is 8.46 Å². The first kappa shape index (κ1) is 5.57. The number of carboxylic acids is 1. The van der Waals surface area contributed by atoms with Crippen LogP contribution in [0, 0.1) is 0 Å². The van der Waals surface area contributed by atoms with Crippen LogP contribution in [-0.2, 0) is 9.36 Å². The van der Waals surface area contributed by atoms with Crippen LogP contribution < -0.4 is 0 Å². The first-order chi connectivity index (χ1) is 2.77. The van der Waals surface area contributed by atoms with E-state index in [1.807, 2.05) is 0 Å². The zero-order chi connectivity index (χ0) is 4.99. The van der Waals surface area contributed by atoms with E-state index < -0.39 is 14.4 Å². The molecule has 34 valence electrons. The van der Waals surface area contributed by atoms with Crippen molar-refractivity contribution in [3.05, 3.63) is 0 Å². The average Bonchev–Trinajstić information content (AvgIpc) is 1.35. The maximum Gasteiger partial charge on any atom is 0.352 e. The molecule has 0 radical (unpaired) electrons. The maximum absolute atomic E-state index is 9.41. The zero-order valence-corrected chi connectivity index (χ0v) is 3.97. The van der Waals surface area contributed by atoms with Gasteiger partial charge in [-0.1, -0.05) is 4.57 Å². The van der Waals surface area contributed by atoms with Crippen molar-refractivity contribution in [2.45, 2.75) is 0 Å². The highest BCUT2D eigenvalue weighted by molar-refractivity contribution is 7.25. The number of carboxylic acid groups (broad SMARTS) is 1. The second-order valence-electron chi connectivity index (χ2n) is 0.715. The minimum atomic E-state index is -1.01. The third-order valence-electron chi connectivity index (χ3n) is 0.223. The lowest BCUT2D eigenvalue weighted by Gasteiger charge is -1.64. The molecular formula is C2H4O3P+. The summed E-state index contributed by atoms with van der Waals surface area (Å²) >= 11 is 0. The van der Waals surface area contributed by atoms with Crippen molar-refractivity contribution in [1.82, 2.24) is 0 Å². The summed E-state index contributed by atoms with van der Waals surface area (Å²) in [7, 11) is -0.711. The lowest BCUT2D eigenvalue weighted by atomic mass is 10.8. The molecule has 0 rings (SSSR count). The van der Waals surface area contributed by atoms with Crippen LogP contribution in [0.15, 0.2) is 0 Å². The number of hydrogen-bond acceptors (Lipinski definition) is 2. The van der Waals surface area contributed by atoms with E-state index in [1.54, 1.807) is 0 Å². The van der Waals surface area contributed by atoms with Gasteiger partial charge in [0.25, 0.3) is 0 Å². The van der Waals surface area contributed by atoms with Crippen molar-refractivity contribution in [3.8, 4) is 0 Å². The molecule has 0 aliphatic carbocycles. The SMILES string of the molecule is O=[PH+]CC(=O)O. The van der Waals surface area contributed by atoms with Crippen molar-refractivity contribution < 1.29 is 14.5 Å². The summed E-state index contributed by atoms with van der Waals surface area (Å²) in [5.41, 5.74) is 0. The van der Waals surface area contributed by atoms with Crippen molar-refractivity contribution in [1.29, 1.82) is 0 Å². The third kappa shape index (κ3) is 3.57. The molecule has 0 aromatic carbocycles. The fourth-order valence-electron chi connectivity index (χ4n) is 0.0617. The van der Waals surface area contributed by atoms with E-state index >= 15 is 0 Å². The number of carbonyl (C=O) groups is 1. The van der Waals surface area contributed by atoms with Gasteiger partial charge < -0.3 is 5.11 Å². The summed E-state index contributed by atoms with van der Waals surface area (Å²) in [5, 5.41) is 7.72. The van der Waals surface area contributed by atoms with Crippen LogP contribution in [-0.4, -0.2) is 17.2 Å². The average molecular weight is 107 g/mol. The number of hydrogen-bond donors (Lipinski definition) is 1. The standard InChI is InChI=1S/C2H3O3P/c3-2(4)1-6-5/h1H2,(H,3,4)/p+1. The summed E-state index contributed by atoms with van der Waals surface area (Å²) in [4.78, 5) is 9.41. The Labute approximate surface area is 36.2 Å². The van der Waals surface area contributed by atoms with E-state index in [0.29, 0.717) is 0 Å². The van der Waals surface area contributed by atoms with Gasteiger partial charge in [-0.15, -0.1) is 0 Å². The van der Waals surface area contributed by atoms with Gasteiger partial charge in [-0.3, -0.25) is 0 Å². The summed E-state index contributed by atoms with van der Waals surface area (Å²) in [6.45, 7) is 0. The van der Waals surface area contributed by atoms with Crippen molar-refractivity contribution in [2.24, 2.45) is 0 Å². The molecule has 0 aliphatic heterocycles. The highest BCUT2D eigenvalue weighted by atomic mass is 31.1. The smallest absolute Gasteiger partial charge is 0.352 e. The molecule has 0 bridgehead atoms. The molecule has 0 aromatic heterocycles. The van der Waals surface area contributed by atoms with Gasteiger partial charge in [0.05, 0.1) is 0 Å². The van der Waals surface area contributed by atoms with Gasteiger partial charge >= 0.3 is 14.4 Å². The van der Waals surface area contributed by atoms with Crippen LogP contribution in [0.1, 0.15) is 0 Å². The highest BCUT2D eigenvalue weighted by Gasteiger charge is 1.97. The van der Waals surface area contributed by atoms with Crippen molar-refractivity contribution >= 4 is 14.4 Å². The molecule has 0 saturated heterocycles. The van der Waals surface area contributed by atoms with Crippen LogP contribution in [0.4, 0.5) is 0 Å². The Morgan fingerprint density at radius 2 is 2.33 bits per heavy atom. The Balaban J connectivity index is 3.05. The Morgan fingerprint density at radius 3 is 2.33 bits per heavy atom. The molecule has 1 unspecified atom stereocenters. The summed E-state index contributed by atoms with van der Waals surface area (Å²) in [5.74, 6) is -1.01. The minimum absolute atomic E-state index is 0.236. The molecule has 4 heteroatoms. The monoisotopic (exact) mass is 107 g/mol. The van der Waals surface area contributed by atoms with Gasteiger partial charge in [-0.05, 0) is 0 Å². The van der Waals surface area contributed by atoms with Gasteiger partial charge in [0.15, 0.2) is 0 Å². The molecule has 1 atom stereocenters. The number of aliphatic carboxylic acids is 1. The van der Waals surface area contributed by atoms with E-state index in [2.05, 4.69) is 0 Å². The molecule has 6 heavy (non-hydrogen) atoms. The second-order valence-corrected chi connectivity index (χ2v) is 1.36. The van der Waals surface area contributed by atoms with Crippen LogP contribution in [0.5, 0.6) is 0 Å². The van der Waals surface area contributed by atoms with Crippen LogP contribution in [0.2, 0.25) is 0 Å². The molecular weight excluding hydrogens is 103 g/mol. The molecule has 0 spiro atoms. The first-order valence-electron chi connectivity index (χ1n) is 1.34. The van der Waals surface area contributed by atoms with Crippen molar-refractivity contribution in [3.63, 3.8) is 0 Å². The van der Waals surface area contributed by atoms with Gasteiger partial charge in [-0.2, -0.15) is 0 Å². The molecule has 0 aliphatic rings. The van der Waals surface area contributed by atoms with Gasteiger partial charge in [0.1, 0.15) is 0 Å². The summed E-state index contributed by atoms with van der Waals surface area (Å²) < 4.78 is 9.39. The third-order valence-corrected chi connectivity index (χ3v) is 0.670. The van der Waals surface area contributed by atoms with Crippen LogP contribution in [0.3, 0.4) is 0 Å². The van der Waals surface area contributed by atoms with Crippen molar-refractivity contribution in [2.75, 3.05) is 6.16 Å². The number of rotatable bonds is 2. The second kappa shape index (κ2) is 2.79. The lowest BCUT2D eigenvalue weighted by molar-refractivity contribution is -0.133. The quantitative estimate of drug-likeness (QED) is 0.509. The predicted octanol–water partition coefficient (Wildman–Crippen LogP) is 0.0950. The maximum atomic E-state index is 9.41.